The molecule has 0 saturated heterocycles. The van der Waals surface area contributed by atoms with Crippen LogP contribution in [-0.2, 0) is 6.42 Å². The third-order valence-electron chi connectivity index (χ3n) is 3.31. The maximum absolute atomic E-state index is 11.6. The number of carbonyl (C=O) groups excluding carboxylic acids is 1. The lowest BCUT2D eigenvalue weighted by Crippen LogP contribution is -2.13. The van der Waals surface area contributed by atoms with E-state index in [4.69, 9.17) is 4.42 Å². The first-order chi connectivity index (χ1) is 8.66. The van der Waals surface area contributed by atoms with Gasteiger partial charge < -0.3 is 9.73 Å². The summed E-state index contributed by atoms with van der Waals surface area (Å²) in [6.45, 7) is 2.39. The molecule has 0 bridgehead atoms. The molecule has 0 radical (unpaired) electrons. The van der Waals surface area contributed by atoms with Crippen molar-refractivity contribution in [1.29, 1.82) is 0 Å². The van der Waals surface area contributed by atoms with Gasteiger partial charge in [0.1, 0.15) is 5.58 Å². The fourth-order valence-corrected chi connectivity index (χ4v) is 2.48. The van der Waals surface area contributed by atoms with E-state index in [-0.39, 0.29) is 5.78 Å². The average Bonchev–Trinajstić information content (AvgIpc) is 2.37. The molecule has 1 aromatic carbocycles. The summed E-state index contributed by atoms with van der Waals surface area (Å²) in [7, 11) is 0. The molecule has 3 rings (SSSR count). The molecule has 0 unspecified atom stereocenters. The van der Waals surface area contributed by atoms with Crippen molar-refractivity contribution in [2.45, 2.75) is 19.8 Å². The van der Waals surface area contributed by atoms with Gasteiger partial charge in [0, 0.05) is 34.8 Å². The number of hydrogen-bond donors (Lipinski definition) is 1. The van der Waals surface area contributed by atoms with Crippen molar-refractivity contribution in [2.24, 2.45) is 0 Å². The molecule has 1 aromatic heterocycles. The van der Waals surface area contributed by atoms with E-state index in [0.29, 0.717) is 11.1 Å². The first-order valence-electron chi connectivity index (χ1n) is 6.01. The number of carbonyl (C=O) groups is 1. The number of ketones is 1. The molecule has 1 aliphatic rings. The van der Waals surface area contributed by atoms with Crippen LogP contribution in [-0.4, -0.2) is 12.3 Å². The predicted molar refractivity (Wildman–Crippen MR) is 69.3 cm³/mol. The number of hydrogen-bond acceptors (Lipinski definition) is 4. The Morgan fingerprint density at radius 3 is 3.00 bits per heavy atom. The van der Waals surface area contributed by atoms with Gasteiger partial charge in [0.2, 0.25) is 0 Å². The smallest absolute Gasteiger partial charge is 0.336 e. The molecule has 0 fully saturated rings. The highest BCUT2D eigenvalue weighted by atomic mass is 16.4. The van der Waals surface area contributed by atoms with E-state index < -0.39 is 5.63 Å². The van der Waals surface area contributed by atoms with Crippen LogP contribution in [0.15, 0.2) is 27.4 Å². The molecule has 0 aliphatic carbocycles. The van der Waals surface area contributed by atoms with E-state index in [1.807, 2.05) is 12.1 Å². The quantitative estimate of drug-likeness (QED) is 0.617. The van der Waals surface area contributed by atoms with E-state index in [2.05, 4.69) is 5.32 Å². The molecule has 0 saturated carbocycles. The van der Waals surface area contributed by atoms with Crippen molar-refractivity contribution in [2.75, 3.05) is 11.9 Å². The Labute approximate surface area is 104 Å². The van der Waals surface area contributed by atoms with Gasteiger partial charge in [-0.15, -0.1) is 0 Å². The highest BCUT2D eigenvalue weighted by Gasteiger charge is 2.17. The van der Waals surface area contributed by atoms with Crippen LogP contribution in [0, 0.1) is 0 Å². The van der Waals surface area contributed by atoms with Crippen LogP contribution >= 0.6 is 0 Å². The number of benzene rings is 1. The summed E-state index contributed by atoms with van der Waals surface area (Å²) >= 11 is 0. The molecule has 0 atom stereocenters. The largest absolute Gasteiger partial charge is 0.422 e. The number of nitrogens with one attached hydrogen (secondary N) is 1. The minimum atomic E-state index is -0.466. The number of anilines is 1. The molecule has 1 N–H and O–H groups in total. The van der Waals surface area contributed by atoms with Crippen molar-refractivity contribution in [1.82, 2.24) is 0 Å². The minimum absolute atomic E-state index is 0.114. The normalized spacial score (nSPS) is 14.1. The summed E-state index contributed by atoms with van der Waals surface area (Å²) in [6.07, 6.45) is 1.87. The molecule has 0 amide bonds. The molecule has 1 aliphatic heterocycles. The maximum atomic E-state index is 11.6. The van der Waals surface area contributed by atoms with Gasteiger partial charge in [-0.3, -0.25) is 4.79 Å². The highest BCUT2D eigenvalue weighted by Crippen LogP contribution is 2.30. The lowest BCUT2D eigenvalue weighted by Gasteiger charge is -2.19. The van der Waals surface area contributed by atoms with Gasteiger partial charge in [-0.2, -0.15) is 0 Å². The third kappa shape index (κ3) is 1.61. The fraction of sp³-hybridized carbons (Fsp3) is 0.286. The van der Waals surface area contributed by atoms with Crippen LogP contribution in [0.25, 0.3) is 11.0 Å². The van der Waals surface area contributed by atoms with Gasteiger partial charge in [0.15, 0.2) is 5.78 Å². The Morgan fingerprint density at radius 1 is 1.39 bits per heavy atom. The monoisotopic (exact) mass is 243 g/mol. The molecular formula is C14H13NO3. The highest BCUT2D eigenvalue weighted by molar-refractivity contribution is 6.06. The van der Waals surface area contributed by atoms with E-state index in [9.17, 15) is 9.59 Å². The van der Waals surface area contributed by atoms with Crippen molar-refractivity contribution in [3.05, 3.63) is 39.7 Å². The summed E-state index contributed by atoms with van der Waals surface area (Å²) in [5.41, 5.74) is 2.52. The molecule has 4 nitrogen and oxygen atoms in total. The van der Waals surface area contributed by atoms with Gasteiger partial charge in [-0.25, -0.2) is 4.79 Å². The van der Waals surface area contributed by atoms with E-state index in [0.717, 1.165) is 36.0 Å². The Kier molecular flexibility index (Phi) is 2.44. The van der Waals surface area contributed by atoms with Gasteiger partial charge in [-0.1, -0.05) is 0 Å². The van der Waals surface area contributed by atoms with Crippen LogP contribution in [0.1, 0.15) is 29.3 Å². The molecule has 2 heterocycles. The zero-order valence-electron chi connectivity index (χ0n) is 10.1. The SMILES string of the molecule is CC(=O)c1cc(=O)oc2c3c(ccc12)NCCC3. The predicted octanol–water partition coefficient (Wildman–Crippen LogP) is 2.35. The standard InChI is InChI=1S/C14H13NO3/c1-8(16)11-7-13(17)18-14-9(11)4-5-12-10(14)3-2-6-15-12/h4-5,7,15H,2-3,6H2,1H3. The Hall–Kier alpha value is -2.10. The number of fused-ring (bicyclic) bond motifs is 3. The van der Waals surface area contributed by atoms with Crippen LogP contribution in [0.3, 0.4) is 0 Å². The molecule has 4 heteroatoms. The number of rotatable bonds is 1. The number of Topliss-reactive ketones (excluding diaryl/α,β-unsaturated/α-hetero) is 1. The van der Waals surface area contributed by atoms with E-state index >= 15 is 0 Å². The summed E-state index contributed by atoms with van der Waals surface area (Å²) in [5, 5.41) is 4.00. The van der Waals surface area contributed by atoms with Crippen molar-refractivity contribution in [3.8, 4) is 0 Å². The summed E-state index contributed by atoms with van der Waals surface area (Å²) in [5.74, 6) is -0.114. The first kappa shape index (κ1) is 11.0. The topological polar surface area (TPSA) is 59.3 Å². The molecule has 92 valence electrons. The minimum Gasteiger partial charge on any atom is -0.422 e. The Bertz CT molecular complexity index is 700. The Morgan fingerprint density at radius 2 is 2.22 bits per heavy atom. The van der Waals surface area contributed by atoms with E-state index in [1.165, 1.54) is 13.0 Å². The van der Waals surface area contributed by atoms with Gasteiger partial charge in [0.25, 0.3) is 0 Å². The van der Waals surface area contributed by atoms with Crippen LogP contribution in [0.4, 0.5) is 5.69 Å². The number of aryl methyl sites for hydroxylation is 1. The molecular weight excluding hydrogens is 230 g/mol. The second-order valence-electron chi connectivity index (χ2n) is 4.53. The molecule has 2 aromatic rings. The summed E-state index contributed by atoms with van der Waals surface area (Å²) < 4.78 is 5.30. The van der Waals surface area contributed by atoms with Crippen LogP contribution < -0.4 is 10.9 Å². The Balaban J connectivity index is 2.42. The molecule has 0 spiro atoms. The third-order valence-corrected chi connectivity index (χ3v) is 3.31. The van der Waals surface area contributed by atoms with Crippen molar-refractivity contribution in [3.63, 3.8) is 0 Å². The zero-order valence-corrected chi connectivity index (χ0v) is 10.1. The summed E-state index contributed by atoms with van der Waals surface area (Å²) in [4.78, 5) is 23.1. The maximum Gasteiger partial charge on any atom is 0.336 e. The fourth-order valence-electron chi connectivity index (χ4n) is 2.48. The first-order valence-corrected chi connectivity index (χ1v) is 6.01. The zero-order chi connectivity index (χ0) is 12.7. The second-order valence-corrected chi connectivity index (χ2v) is 4.53. The van der Waals surface area contributed by atoms with Crippen LogP contribution in [0.2, 0.25) is 0 Å². The van der Waals surface area contributed by atoms with Crippen LogP contribution in [0.5, 0.6) is 0 Å². The lowest BCUT2D eigenvalue weighted by atomic mass is 9.98. The average molecular weight is 243 g/mol. The van der Waals surface area contributed by atoms with Crippen molar-refractivity contribution < 1.29 is 9.21 Å². The van der Waals surface area contributed by atoms with Gasteiger partial charge in [0.05, 0.1) is 0 Å². The van der Waals surface area contributed by atoms with Crippen molar-refractivity contribution >= 4 is 22.4 Å². The van der Waals surface area contributed by atoms with Gasteiger partial charge in [-0.05, 0) is 31.9 Å². The lowest BCUT2D eigenvalue weighted by molar-refractivity contribution is 0.101. The second kappa shape index (κ2) is 3.98. The molecule has 18 heavy (non-hydrogen) atoms. The van der Waals surface area contributed by atoms with Gasteiger partial charge >= 0.3 is 5.63 Å². The summed E-state index contributed by atoms with van der Waals surface area (Å²) in [6, 6.07) is 5.06. The van der Waals surface area contributed by atoms with E-state index in [1.54, 1.807) is 0 Å².